The first kappa shape index (κ1) is 11.0. The van der Waals surface area contributed by atoms with Crippen LogP contribution in [0.5, 0.6) is 5.75 Å². The molecule has 0 aliphatic heterocycles. The van der Waals surface area contributed by atoms with Crippen LogP contribution in [-0.4, -0.2) is 18.8 Å². The molecule has 0 saturated heterocycles. The maximum atomic E-state index is 11.3. The number of rotatable bonds is 6. The minimum absolute atomic E-state index is 0.225. The van der Waals surface area contributed by atoms with Gasteiger partial charge in [0.2, 0.25) is 0 Å². The van der Waals surface area contributed by atoms with Crippen molar-refractivity contribution >= 4 is 14.1 Å². The van der Waals surface area contributed by atoms with Crippen molar-refractivity contribution in [3.05, 3.63) is 30.3 Å². The lowest BCUT2D eigenvalue weighted by Gasteiger charge is -2.04. The van der Waals surface area contributed by atoms with Gasteiger partial charge in [0.25, 0.3) is 0 Å². The number of carbonyl (C=O) groups excluding carboxylic acids is 1. The van der Waals surface area contributed by atoms with Crippen molar-refractivity contribution in [2.24, 2.45) is 0 Å². The third-order valence-electron chi connectivity index (χ3n) is 1.68. The Labute approximate surface area is 83.9 Å². The number of para-hydroxylation sites is 1. The molecule has 0 heterocycles. The van der Waals surface area contributed by atoms with E-state index in [-0.39, 0.29) is 6.35 Å². The molecule has 0 aromatic heterocycles. The van der Waals surface area contributed by atoms with Crippen LogP contribution in [0.2, 0.25) is 0 Å². The van der Waals surface area contributed by atoms with Crippen molar-refractivity contribution in [2.75, 3.05) is 12.5 Å². The monoisotopic (exact) mass is 212 g/mol. The van der Waals surface area contributed by atoms with Crippen molar-refractivity contribution < 1.29 is 14.1 Å². The molecule has 4 heteroatoms. The third-order valence-corrected chi connectivity index (χ3v) is 3.00. The molecule has 0 spiro atoms. The molecule has 76 valence electrons. The Hall–Kier alpha value is -1.08. The molecule has 0 N–H and O–H groups in total. The summed E-state index contributed by atoms with van der Waals surface area (Å²) in [6, 6.07) is 9.24. The Morgan fingerprint density at radius 3 is 2.64 bits per heavy atom. The van der Waals surface area contributed by atoms with E-state index in [2.05, 4.69) is 0 Å². The van der Waals surface area contributed by atoms with Crippen LogP contribution < -0.4 is 4.74 Å². The molecule has 0 bridgehead atoms. The molecule has 0 aliphatic rings. The van der Waals surface area contributed by atoms with Crippen LogP contribution in [0, 0.1) is 0 Å². The van der Waals surface area contributed by atoms with E-state index < -0.39 is 7.80 Å². The van der Waals surface area contributed by atoms with Gasteiger partial charge in [0.1, 0.15) is 26.2 Å². The van der Waals surface area contributed by atoms with E-state index in [1.807, 2.05) is 30.3 Å². The second kappa shape index (κ2) is 6.39. The number of hydrogen-bond donors (Lipinski definition) is 0. The summed E-state index contributed by atoms with van der Waals surface area (Å²) in [5.41, 5.74) is 0. The second-order valence-electron chi connectivity index (χ2n) is 2.85. The van der Waals surface area contributed by atoms with Crippen LogP contribution in [0.4, 0.5) is 0 Å². The Balaban J connectivity index is 2.27. The predicted octanol–water partition coefficient (Wildman–Crippen LogP) is 2.17. The fourth-order valence-electron chi connectivity index (χ4n) is 0.973. The highest BCUT2D eigenvalue weighted by atomic mass is 31.1. The highest BCUT2D eigenvalue weighted by Gasteiger charge is 1.99. The first-order chi connectivity index (χ1) is 6.83. The molecular weight excluding hydrogens is 199 g/mol. The lowest BCUT2D eigenvalue weighted by atomic mass is 10.3. The van der Waals surface area contributed by atoms with Crippen LogP contribution in [0.1, 0.15) is 6.42 Å². The normalized spacial score (nSPS) is 12.0. The summed E-state index contributed by atoms with van der Waals surface area (Å²) in [5.74, 6) is 0.719. The zero-order chi connectivity index (χ0) is 10.2. The highest BCUT2D eigenvalue weighted by molar-refractivity contribution is 7.44. The minimum atomic E-state index is -1.75. The van der Waals surface area contributed by atoms with Crippen molar-refractivity contribution in [3.63, 3.8) is 0 Å². The van der Waals surface area contributed by atoms with E-state index in [1.54, 1.807) is 0 Å². The van der Waals surface area contributed by atoms with Crippen LogP contribution in [0.15, 0.2) is 30.3 Å². The van der Waals surface area contributed by atoms with Gasteiger partial charge >= 0.3 is 0 Å². The van der Waals surface area contributed by atoms with Gasteiger partial charge < -0.3 is 14.1 Å². The first-order valence-electron chi connectivity index (χ1n) is 4.46. The molecule has 1 rings (SSSR count). The van der Waals surface area contributed by atoms with Crippen molar-refractivity contribution in [3.8, 4) is 5.75 Å². The standard InChI is InChI=1S/C10H13O3P/c11-7-4-8-14(12)9-13-10-5-2-1-3-6-10/h1-3,5-7,14H,4,8-9H2. The van der Waals surface area contributed by atoms with E-state index in [0.29, 0.717) is 12.6 Å². The van der Waals surface area contributed by atoms with E-state index in [4.69, 9.17) is 4.74 Å². The van der Waals surface area contributed by atoms with Gasteiger partial charge in [-0.3, -0.25) is 0 Å². The molecule has 1 atom stereocenters. The Kier molecular flexibility index (Phi) is 5.02. The number of benzene rings is 1. The van der Waals surface area contributed by atoms with Crippen molar-refractivity contribution in [1.82, 2.24) is 0 Å². The summed E-state index contributed by atoms with van der Waals surface area (Å²) in [7, 11) is -1.75. The topological polar surface area (TPSA) is 43.4 Å². The summed E-state index contributed by atoms with van der Waals surface area (Å²) in [6.07, 6.45) is 1.81. The predicted molar refractivity (Wildman–Crippen MR) is 56.5 cm³/mol. The molecular formula is C10H13O3P. The smallest absolute Gasteiger partial charge is 0.138 e. The van der Waals surface area contributed by atoms with Crippen molar-refractivity contribution in [1.29, 1.82) is 0 Å². The van der Waals surface area contributed by atoms with Gasteiger partial charge in [-0.1, -0.05) is 18.2 Å². The maximum Gasteiger partial charge on any atom is 0.138 e. The lowest BCUT2D eigenvalue weighted by Crippen LogP contribution is -1.94. The van der Waals surface area contributed by atoms with E-state index in [1.165, 1.54) is 0 Å². The SMILES string of the molecule is O=CCC[PH](=O)COc1ccccc1. The first-order valence-corrected chi connectivity index (χ1v) is 6.28. The van der Waals surface area contributed by atoms with E-state index in [9.17, 15) is 9.36 Å². The second-order valence-corrected chi connectivity index (χ2v) is 4.71. The quantitative estimate of drug-likeness (QED) is 0.536. The molecule has 0 fully saturated rings. The molecule has 0 amide bonds. The minimum Gasteiger partial charge on any atom is -0.486 e. The number of carbonyl (C=O) groups is 1. The van der Waals surface area contributed by atoms with Gasteiger partial charge in [-0.2, -0.15) is 0 Å². The summed E-state index contributed by atoms with van der Waals surface area (Å²) in [4.78, 5) is 10.0. The average Bonchev–Trinajstić information content (AvgIpc) is 2.25. The molecule has 1 aromatic carbocycles. The Bertz CT molecular complexity index is 297. The van der Waals surface area contributed by atoms with Crippen LogP contribution >= 0.6 is 7.80 Å². The molecule has 3 nitrogen and oxygen atoms in total. The summed E-state index contributed by atoms with van der Waals surface area (Å²) in [5, 5.41) is 0. The Morgan fingerprint density at radius 2 is 2.00 bits per heavy atom. The van der Waals surface area contributed by atoms with Gasteiger partial charge in [0.15, 0.2) is 0 Å². The molecule has 14 heavy (non-hydrogen) atoms. The van der Waals surface area contributed by atoms with Crippen molar-refractivity contribution in [2.45, 2.75) is 6.42 Å². The molecule has 0 aliphatic carbocycles. The van der Waals surface area contributed by atoms with E-state index >= 15 is 0 Å². The molecule has 0 radical (unpaired) electrons. The molecule has 0 saturated carbocycles. The van der Waals surface area contributed by atoms with Gasteiger partial charge in [-0.05, 0) is 12.1 Å². The van der Waals surface area contributed by atoms with Gasteiger partial charge in [0, 0.05) is 12.6 Å². The summed E-state index contributed by atoms with van der Waals surface area (Å²) < 4.78 is 16.6. The Morgan fingerprint density at radius 1 is 1.29 bits per heavy atom. The lowest BCUT2D eigenvalue weighted by molar-refractivity contribution is -0.107. The number of ether oxygens (including phenoxy) is 1. The number of hydrogen-bond acceptors (Lipinski definition) is 3. The van der Waals surface area contributed by atoms with Crippen LogP contribution in [-0.2, 0) is 9.36 Å². The zero-order valence-electron chi connectivity index (χ0n) is 7.81. The fraction of sp³-hybridized carbons (Fsp3) is 0.300. The van der Waals surface area contributed by atoms with Crippen LogP contribution in [0.3, 0.4) is 0 Å². The van der Waals surface area contributed by atoms with E-state index in [0.717, 1.165) is 12.0 Å². The van der Waals surface area contributed by atoms with Gasteiger partial charge in [-0.25, -0.2) is 0 Å². The maximum absolute atomic E-state index is 11.3. The largest absolute Gasteiger partial charge is 0.486 e. The third kappa shape index (κ3) is 4.24. The summed E-state index contributed by atoms with van der Waals surface area (Å²) in [6.45, 7) is 0. The zero-order valence-corrected chi connectivity index (χ0v) is 8.81. The van der Waals surface area contributed by atoms with Crippen LogP contribution in [0.25, 0.3) is 0 Å². The average molecular weight is 212 g/mol. The molecule has 1 unspecified atom stereocenters. The van der Waals surface area contributed by atoms with Gasteiger partial charge in [-0.15, -0.1) is 0 Å². The number of aldehydes is 1. The highest BCUT2D eigenvalue weighted by Crippen LogP contribution is 2.22. The fourth-order valence-corrected chi connectivity index (χ4v) is 1.88. The van der Waals surface area contributed by atoms with Gasteiger partial charge in [0.05, 0.1) is 0 Å². The molecule has 1 aromatic rings. The summed E-state index contributed by atoms with van der Waals surface area (Å²) >= 11 is 0.